The van der Waals surface area contributed by atoms with Gasteiger partial charge < -0.3 is 19.7 Å². The number of rotatable bonds is 8. The predicted molar refractivity (Wildman–Crippen MR) is 141 cm³/mol. The van der Waals surface area contributed by atoms with Crippen molar-refractivity contribution in [1.82, 2.24) is 9.55 Å². The molecule has 2 aromatic rings. The highest BCUT2D eigenvalue weighted by molar-refractivity contribution is 9.11. The van der Waals surface area contributed by atoms with Crippen LogP contribution in [0.15, 0.2) is 39.0 Å². The first kappa shape index (κ1) is 28.5. The molecule has 0 amide bonds. The molecule has 1 aromatic heterocycles. The maximum Gasteiger partial charge on any atom is 0.530 e. The first-order chi connectivity index (χ1) is 18.0. The molecule has 3 heterocycles. The normalized spacial score (nSPS) is 25.8. The zero-order valence-corrected chi connectivity index (χ0v) is 23.5. The average Bonchev–Trinajstić information content (AvgIpc) is 3.26. The number of nitrogens with one attached hydrogen (secondary N) is 1. The number of ether oxygens (including phenoxy) is 2. The fraction of sp³-hybridized carbons (Fsp3) is 0.458. The molecule has 3 N–H and O–H groups in total. The SMILES string of the molecule is Cc1cccc2c1OP(=O)(OC[C@H]1O[C@@H](n3cc(/C=C/Br)c(=O)[nH]c3=O)C[C@@H]1OC(=O)[C@H](N)C(C)C)OC2. The number of H-pyrrole nitrogens is 1. The second-order valence-electron chi connectivity index (χ2n) is 9.32. The van der Waals surface area contributed by atoms with E-state index in [9.17, 15) is 18.9 Å². The van der Waals surface area contributed by atoms with E-state index in [1.54, 1.807) is 19.9 Å². The number of aromatic amines is 1. The monoisotopic (exact) mass is 613 g/mol. The van der Waals surface area contributed by atoms with Crippen molar-refractivity contribution in [2.75, 3.05) is 6.61 Å². The summed E-state index contributed by atoms with van der Waals surface area (Å²) in [6.07, 6.45) is 0.0565. The highest BCUT2D eigenvalue weighted by Gasteiger charge is 2.43. The molecule has 206 valence electrons. The molecule has 1 aromatic carbocycles. The number of nitrogens with two attached hydrogens (primary N) is 1. The summed E-state index contributed by atoms with van der Waals surface area (Å²) in [6.45, 7) is 5.06. The van der Waals surface area contributed by atoms with E-state index in [2.05, 4.69) is 20.9 Å². The Bertz CT molecular complexity index is 1390. The number of para-hydroxylation sites is 1. The van der Waals surface area contributed by atoms with Crippen LogP contribution in [-0.2, 0) is 34.5 Å². The molecule has 5 atom stereocenters. The standard InChI is InChI=1S/C24H29BrN3O9P/c1-13(2)20(26)23(30)36-17-9-19(28-10-15(7-8-25)22(29)27-24(28)31)35-18(17)12-34-38(32)33-11-16-6-4-5-14(3)21(16)37-38/h4-8,10,13,17-20H,9,11-12,26H2,1-3H3,(H,27,29,31)/b8-7+/t17-,18+,19+,20+,38?/m0/s1. The fourth-order valence-electron chi connectivity index (χ4n) is 4.02. The van der Waals surface area contributed by atoms with Crippen molar-refractivity contribution < 1.29 is 32.4 Å². The number of phosphoric ester groups is 1. The number of carbonyl (C=O) groups excluding carboxylic acids is 1. The number of benzene rings is 1. The van der Waals surface area contributed by atoms with Crippen LogP contribution in [0.5, 0.6) is 5.75 Å². The summed E-state index contributed by atoms with van der Waals surface area (Å²) in [7, 11) is -4.02. The summed E-state index contributed by atoms with van der Waals surface area (Å²) in [6, 6.07) is 4.56. The number of hydrogen-bond acceptors (Lipinski definition) is 10. The minimum absolute atomic E-state index is 0.0285. The number of aryl methyl sites for hydroxylation is 1. The van der Waals surface area contributed by atoms with Gasteiger partial charge in [-0.15, -0.1) is 0 Å². The number of aromatic nitrogens is 2. The van der Waals surface area contributed by atoms with Crippen molar-refractivity contribution in [3.63, 3.8) is 0 Å². The van der Waals surface area contributed by atoms with E-state index >= 15 is 0 Å². The molecule has 0 bridgehead atoms. The lowest BCUT2D eigenvalue weighted by atomic mass is 10.1. The van der Waals surface area contributed by atoms with E-state index in [0.717, 1.165) is 11.1 Å². The summed E-state index contributed by atoms with van der Waals surface area (Å²) in [4.78, 5) is 41.0. The van der Waals surface area contributed by atoms with Gasteiger partial charge in [-0.1, -0.05) is 48.0 Å². The molecule has 0 radical (unpaired) electrons. The molecule has 0 saturated carbocycles. The van der Waals surface area contributed by atoms with Crippen molar-refractivity contribution in [3.05, 3.63) is 66.9 Å². The number of halogens is 1. The minimum atomic E-state index is -4.02. The van der Waals surface area contributed by atoms with Gasteiger partial charge in [-0.25, -0.2) is 9.36 Å². The molecule has 38 heavy (non-hydrogen) atoms. The van der Waals surface area contributed by atoms with Crippen LogP contribution in [0.1, 0.15) is 43.2 Å². The van der Waals surface area contributed by atoms with E-state index in [4.69, 9.17) is 28.8 Å². The van der Waals surface area contributed by atoms with Gasteiger partial charge in [0.15, 0.2) is 0 Å². The molecule has 4 rings (SSSR count). The third-order valence-corrected chi connectivity index (χ3v) is 7.84. The van der Waals surface area contributed by atoms with Crippen LogP contribution in [0.3, 0.4) is 0 Å². The molecule has 2 aliphatic rings. The molecular formula is C24H29BrN3O9P. The first-order valence-corrected chi connectivity index (χ1v) is 14.3. The highest BCUT2D eigenvalue weighted by atomic mass is 79.9. The Kier molecular flexibility index (Phi) is 8.75. The van der Waals surface area contributed by atoms with E-state index < -0.39 is 49.5 Å². The van der Waals surface area contributed by atoms with Gasteiger partial charge in [-0.2, -0.15) is 0 Å². The molecule has 1 fully saturated rings. The zero-order valence-electron chi connectivity index (χ0n) is 21.0. The van der Waals surface area contributed by atoms with Crippen LogP contribution < -0.4 is 21.5 Å². The Balaban J connectivity index is 1.56. The van der Waals surface area contributed by atoms with Crippen LogP contribution >= 0.6 is 23.8 Å². The Morgan fingerprint density at radius 1 is 1.37 bits per heavy atom. The van der Waals surface area contributed by atoms with Crippen molar-refractivity contribution in [2.24, 2.45) is 11.7 Å². The Labute approximate surface area is 226 Å². The minimum Gasteiger partial charge on any atom is -0.458 e. The van der Waals surface area contributed by atoms with E-state index in [0.29, 0.717) is 5.75 Å². The fourth-order valence-corrected chi connectivity index (χ4v) is 5.60. The molecule has 1 unspecified atom stereocenters. The van der Waals surface area contributed by atoms with Gasteiger partial charge in [-0.3, -0.25) is 28.2 Å². The Morgan fingerprint density at radius 2 is 2.13 bits per heavy atom. The molecule has 2 aliphatic heterocycles. The second kappa shape index (κ2) is 11.7. The molecule has 0 spiro atoms. The summed E-state index contributed by atoms with van der Waals surface area (Å²) >= 11 is 3.11. The second-order valence-corrected chi connectivity index (χ2v) is 11.4. The van der Waals surface area contributed by atoms with Crippen molar-refractivity contribution in [2.45, 2.75) is 58.3 Å². The van der Waals surface area contributed by atoms with Gasteiger partial charge >= 0.3 is 19.5 Å². The molecule has 14 heteroatoms. The summed E-state index contributed by atoms with van der Waals surface area (Å²) in [5.74, 6) is -0.415. The zero-order chi connectivity index (χ0) is 27.6. The Morgan fingerprint density at radius 3 is 2.84 bits per heavy atom. The number of carbonyl (C=O) groups is 1. The van der Waals surface area contributed by atoms with E-state index in [-0.39, 0.29) is 31.1 Å². The number of phosphoric acid groups is 1. The van der Waals surface area contributed by atoms with E-state index in [1.165, 1.54) is 21.8 Å². The maximum absolute atomic E-state index is 13.2. The van der Waals surface area contributed by atoms with Crippen LogP contribution in [-0.4, -0.2) is 40.4 Å². The van der Waals surface area contributed by atoms with Gasteiger partial charge in [0.2, 0.25) is 0 Å². The highest BCUT2D eigenvalue weighted by Crippen LogP contribution is 2.55. The maximum atomic E-state index is 13.2. The molecule has 12 nitrogen and oxygen atoms in total. The van der Waals surface area contributed by atoms with Gasteiger partial charge in [-0.05, 0) is 29.5 Å². The third kappa shape index (κ3) is 6.19. The molecule has 0 aliphatic carbocycles. The van der Waals surface area contributed by atoms with Crippen LogP contribution in [0.2, 0.25) is 0 Å². The number of hydrogen-bond donors (Lipinski definition) is 2. The van der Waals surface area contributed by atoms with Gasteiger partial charge in [0.1, 0.15) is 30.2 Å². The van der Waals surface area contributed by atoms with Crippen molar-refractivity contribution in [1.29, 1.82) is 0 Å². The van der Waals surface area contributed by atoms with Crippen molar-refractivity contribution in [3.8, 4) is 5.75 Å². The topological polar surface area (TPSA) is 161 Å². The van der Waals surface area contributed by atoms with Crippen LogP contribution in [0, 0.1) is 12.8 Å². The number of esters is 1. The smallest absolute Gasteiger partial charge is 0.458 e. The van der Waals surface area contributed by atoms with Gasteiger partial charge in [0, 0.05) is 18.2 Å². The third-order valence-electron chi connectivity index (χ3n) is 6.26. The largest absolute Gasteiger partial charge is 0.530 e. The van der Waals surface area contributed by atoms with Crippen LogP contribution in [0.25, 0.3) is 6.08 Å². The molecular weight excluding hydrogens is 585 g/mol. The first-order valence-electron chi connectivity index (χ1n) is 11.9. The lowest BCUT2D eigenvalue weighted by Gasteiger charge is -2.27. The number of fused-ring (bicyclic) bond motifs is 1. The Hall–Kier alpha value is -2.54. The predicted octanol–water partition coefficient (Wildman–Crippen LogP) is 3.13. The van der Waals surface area contributed by atoms with Gasteiger partial charge in [0.25, 0.3) is 5.56 Å². The summed E-state index contributed by atoms with van der Waals surface area (Å²) < 4.78 is 42.7. The summed E-state index contributed by atoms with van der Waals surface area (Å²) in [5.41, 5.74) is 6.37. The number of nitrogens with zero attached hydrogens (tertiary/aromatic N) is 1. The summed E-state index contributed by atoms with van der Waals surface area (Å²) in [5, 5.41) is 0. The van der Waals surface area contributed by atoms with Crippen molar-refractivity contribution >= 4 is 35.8 Å². The lowest BCUT2D eigenvalue weighted by Crippen LogP contribution is -2.41. The quantitative estimate of drug-likeness (QED) is 0.334. The molecule has 1 saturated heterocycles. The lowest BCUT2D eigenvalue weighted by molar-refractivity contribution is -0.155. The van der Waals surface area contributed by atoms with E-state index in [1.807, 2.05) is 19.1 Å². The van der Waals surface area contributed by atoms with Crippen LogP contribution in [0.4, 0.5) is 0 Å². The van der Waals surface area contributed by atoms with Gasteiger partial charge in [0.05, 0.1) is 18.8 Å². The average molecular weight is 614 g/mol.